The van der Waals surface area contributed by atoms with Gasteiger partial charge in [0, 0.05) is 16.8 Å². The Morgan fingerprint density at radius 1 is 1.17 bits per heavy atom. The average molecular weight is 445 g/mol. The van der Waals surface area contributed by atoms with Gasteiger partial charge in [0.2, 0.25) is 5.91 Å². The summed E-state index contributed by atoms with van der Waals surface area (Å²) in [6.07, 6.45) is 1.45. The van der Waals surface area contributed by atoms with Crippen molar-refractivity contribution >= 4 is 45.6 Å². The van der Waals surface area contributed by atoms with Crippen molar-refractivity contribution in [3.63, 3.8) is 0 Å². The van der Waals surface area contributed by atoms with Gasteiger partial charge in [0.05, 0.1) is 17.1 Å². The number of hydrogen-bond acceptors (Lipinski definition) is 5. The first-order valence-electron chi connectivity index (χ1n) is 8.79. The molecule has 7 nitrogen and oxygen atoms in total. The van der Waals surface area contributed by atoms with E-state index in [2.05, 4.69) is 10.3 Å². The van der Waals surface area contributed by atoms with Crippen LogP contribution in [0.5, 0.6) is 0 Å². The molecule has 0 bridgehead atoms. The van der Waals surface area contributed by atoms with Gasteiger partial charge < -0.3 is 5.32 Å². The molecular weight excluding hydrogens is 431 g/mol. The second kappa shape index (κ2) is 8.21. The Balaban J connectivity index is 1.73. The lowest BCUT2D eigenvalue weighted by atomic mass is 10.3. The number of carbonyl (C=O) groups is 1. The Hall–Kier alpha value is -3.30. The van der Waals surface area contributed by atoms with E-state index in [0.717, 1.165) is 15.5 Å². The minimum absolute atomic E-state index is 0.0804. The first kappa shape index (κ1) is 20.0. The monoisotopic (exact) mass is 444 g/mol. The summed E-state index contributed by atoms with van der Waals surface area (Å²) >= 11 is 7.15. The van der Waals surface area contributed by atoms with Crippen LogP contribution < -0.4 is 16.6 Å². The molecule has 30 heavy (non-hydrogen) atoms. The Kier molecular flexibility index (Phi) is 5.47. The highest BCUT2D eigenvalue weighted by Gasteiger charge is 2.17. The molecule has 1 N–H and O–H groups in total. The van der Waals surface area contributed by atoms with Crippen LogP contribution in [0.4, 0.5) is 10.1 Å². The van der Waals surface area contributed by atoms with E-state index in [1.54, 1.807) is 12.1 Å². The number of nitrogens with one attached hydrogen (secondary N) is 1. The molecule has 3 aromatic heterocycles. The van der Waals surface area contributed by atoms with Crippen LogP contribution in [-0.2, 0) is 17.9 Å². The molecular formula is C20H14ClFN4O3S. The van der Waals surface area contributed by atoms with Gasteiger partial charge in [-0.1, -0.05) is 17.7 Å². The van der Waals surface area contributed by atoms with Crippen molar-refractivity contribution in [3.8, 4) is 0 Å². The number of pyridine rings is 1. The number of anilines is 1. The van der Waals surface area contributed by atoms with Gasteiger partial charge >= 0.3 is 5.69 Å². The second-order valence-corrected chi connectivity index (χ2v) is 7.83. The van der Waals surface area contributed by atoms with E-state index in [-0.39, 0.29) is 34.8 Å². The molecule has 3 heterocycles. The number of rotatable bonds is 5. The number of amides is 1. The SMILES string of the molecule is O=C(Cn1c(=O)n(Cc2cccs2)c(=O)c2ncccc21)Nc1ccc(F)c(Cl)c1. The van der Waals surface area contributed by atoms with Gasteiger partial charge in [-0.2, -0.15) is 0 Å². The van der Waals surface area contributed by atoms with Gasteiger partial charge in [-0.05, 0) is 41.8 Å². The summed E-state index contributed by atoms with van der Waals surface area (Å²) in [4.78, 5) is 43.4. The van der Waals surface area contributed by atoms with Crippen LogP contribution in [0.3, 0.4) is 0 Å². The number of hydrogen-bond donors (Lipinski definition) is 1. The lowest BCUT2D eigenvalue weighted by Gasteiger charge is -2.13. The fourth-order valence-corrected chi connectivity index (χ4v) is 3.88. The minimum Gasteiger partial charge on any atom is -0.324 e. The second-order valence-electron chi connectivity index (χ2n) is 6.39. The standard InChI is InChI=1S/C20H14ClFN4O3S/c21-14-9-12(5-6-15(14)22)24-17(27)11-25-16-4-1-7-23-18(16)19(28)26(20(25)29)10-13-3-2-8-30-13/h1-9H,10-11H2,(H,24,27). The van der Waals surface area contributed by atoms with Crippen LogP contribution in [0, 0.1) is 5.82 Å². The molecule has 152 valence electrons. The molecule has 10 heteroatoms. The predicted molar refractivity (Wildman–Crippen MR) is 114 cm³/mol. The minimum atomic E-state index is -0.624. The molecule has 0 saturated carbocycles. The highest BCUT2D eigenvalue weighted by molar-refractivity contribution is 7.09. The van der Waals surface area contributed by atoms with Crippen molar-refractivity contribution in [3.05, 3.63) is 90.6 Å². The largest absolute Gasteiger partial charge is 0.332 e. The number of carbonyl (C=O) groups excluding carboxylic acids is 1. The number of thiophene rings is 1. The van der Waals surface area contributed by atoms with Crippen molar-refractivity contribution in [1.82, 2.24) is 14.1 Å². The smallest absolute Gasteiger partial charge is 0.324 e. The van der Waals surface area contributed by atoms with Crippen molar-refractivity contribution in [1.29, 1.82) is 0 Å². The van der Waals surface area contributed by atoms with Gasteiger partial charge in [0.15, 0.2) is 5.52 Å². The molecule has 0 atom stereocenters. The number of halogens is 2. The van der Waals surface area contributed by atoms with Crippen LogP contribution >= 0.6 is 22.9 Å². The predicted octanol–water partition coefficient (Wildman–Crippen LogP) is 3.10. The van der Waals surface area contributed by atoms with Crippen LogP contribution in [-0.4, -0.2) is 20.0 Å². The fourth-order valence-electron chi connectivity index (χ4n) is 3.01. The van der Waals surface area contributed by atoms with E-state index in [4.69, 9.17) is 11.6 Å². The molecule has 0 aliphatic rings. The zero-order valence-electron chi connectivity index (χ0n) is 15.3. The van der Waals surface area contributed by atoms with Crippen molar-refractivity contribution < 1.29 is 9.18 Å². The van der Waals surface area contributed by atoms with Gasteiger partial charge in [-0.15, -0.1) is 11.3 Å². The van der Waals surface area contributed by atoms with E-state index < -0.39 is 23.0 Å². The van der Waals surface area contributed by atoms with Gasteiger partial charge in [-0.3, -0.25) is 18.7 Å². The molecule has 1 amide bonds. The third-order valence-corrected chi connectivity index (χ3v) is 5.54. The third-order valence-electron chi connectivity index (χ3n) is 4.39. The summed E-state index contributed by atoms with van der Waals surface area (Å²) in [5, 5.41) is 4.29. The number of nitrogens with zero attached hydrogens (tertiary/aromatic N) is 3. The van der Waals surface area contributed by atoms with E-state index in [0.29, 0.717) is 0 Å². The van der Waals surface area contributed by atoms with Crippen molar-refractivity contribution in [2.24, 2.45) is 0 Å². The topological polar surface area (TPSA) is 86.0 Å². The number of aromatic nitrogens is 3. The molecule has 0 radical (unpaired) electrons. The van der Waals surface area contributed by atoms with Gasteiger partial charge in [0.25, 0.3) is 5.56 Å². The van der Waals surface area contributed by atoms with Gasteiger partial charge in [0.1, 0.15) is 12.4 Å². The zero-order chi connectivity index (χ0) is 21.3. The van der Waals surface area contributed by atoms with Crippen LogP contribution in [0.1, 0.15) is 4.88 Å². The summed E-state index contributed by atoms with van der Waals surface area (Å²) < 4.78 is 15.6. The molecule has 0 fully saturated rings. The van der Waals surface area contributed by atoms with Crippen molar-refractivity contribution in [2.45, 2.75) is 13.1 Å². The maximum atomic E-state index is 13.3. The Bertz CT molecular complexity index is 1360. The first-order valence-corrected chi connectivity index (χ1v) is 10.1. The lowest BCUT2D eigenvalue weighted by molar-refractivity contribution is -0.116. The number of benzene rings is 1. The third kappa shape index (κ3) is 3.89. The molecule has 4 aromatic rings. The van der Waals surface area contributed by atoms with Gasteiger partial charge in [-0.25, -0.2) is 14.2 Å². The summed E-state index contributed by atoms with van der Waals surface area (Å²) in [7, 11) is 0. The maximum absolute atomic E-state index is 13.3. The summed E-state index contributed by atoms with van der Waals surface area (Å²) in [6, 6.07) is 10.5. The van der Waals surface area contributed by atoms with E-state index in [1.165, 1.54) is 34.2 Å². The zero-order valence-corrected chi connectivity index (χ0v) is 16.9. The summed E-state index contributed by atoms with van der Waals surface area (Å²) in [5.74, 6) is -1.14. The van der Waals surface area contributed by atoms with Crippen LogP contribution in [0.15, 0.2) is 63.6 Å². The number of fused-ring (bicyclic) bond motifs is 1. The van der Waals surface area contributed by atoms with E-state index in [1.807, 2.05) is 17.5 Å². The normalized spacial score (nSPS) is 11.0. The van der Waals surface area contributed by atoms with Crippen molar-refractivity contribution in [2.75, 3.05) is 5.32 Å². The molecule has 0 aliphatic carbocycles. The van der Waals surface area contributed by atoms with E-state index >= 15 is 0 Å². The Morgan fingerprint density at radius 2 is 2.00 bits per heavy atom. The molecule has 1 aromatic carbocycles. The quantitative estimate of drug-likeness (QED) is 0.512. The molecule has 4 rings (SSSR count). The average Bonchev–Trinajstić information content (AvgIpc) is 3.24. The molecule has 0 aliphatic heterocycles. The van der Waals surface area contributed by atoms with Crippen LogP contribution in [0.2, 0.25) is 5.02 Å². The Morgan fingerprint density at radius 3 is 2.73 bits per heavy atom. The van der Waals surface area contributed by atoms with Crippen LogP contribution in [0.25, 0.3) is 11.0 Å². The fraction of sp³-hybridized carbons (Fsp3) is 0.100. The maximum Gasteiger partial charge on any atom is 0.332 e. The molecule has 0 unspecified atom stereocenters. The summed E-state index contributed by atoms with van der Waals surface area (Å²) in [5.41, 5.74) is -0.519. The summed E-state index contributed by atoms with van der Waals surface area (Å²) in [6.45, 7) is -0.280. The highest BCUT2D eigenvalue weighted by Crippen LogP contribution is 2.19. The highest BCUT2D eigenvalue weighted by atomic mass is 35.5. The van der Waals surface area contributed by atoms with E-state index in [9.17, 15) is 18.8 Å². The molecule has 0 spiro atoms. The molecule has 0 saturated heterocycles. The Labute approximate surface area is 178 Å². The first-order chi connectivity index (χ1) is 14.4. The lowest BCUT2D eigenvalue weighted by Crippen LogP contribution is -2.42.